The van der Waals surface area contributed by atoms with Gasteiger partial charge < -0.3 is 0 Å². The third kappa shape index (κ3) is 1.01. The van der Waals surface area contributed by atoms with Crippen LogP contribution in [0.3, 0.4) is 0 Å². The molecule has 2 aromatic carbocycles. The molecular formula is C22H19Br. The fourth-order valence-electron chi connectivity index (χ4n) is 8.30. The Kier molecular flexibility index (Phi) is 1.86. The molecule has 0 aromatic heterocycles. The predicted octanol–water partition coefficient (Wildman–Crippen LogP) is 5.78. The van der Waals surface area contributed by atoms with Crippen LogP contribution < -0.4 is 0 Å². The summed E-state index contributed by atoms with van der Waals surface area (Å²) in [5, 5.41) is 0. The van der Waals surface area contributed by atoms with E-state index in [4.69, 9.17) is 0 Å². The van der Waals surface area contributed by atoms with E-state index in [0.717, 1.165) is 29.1 Å². The van der Waals surface area contributed by atoms with Crippen LogP contribution in [0.4, 0.5) is 0 Å². The number of hydrogen-bond donors (Lipinski definition) is 0. The molecule has 2 aromatic rings. The van der Waals surface area contributed by atoms with Gasteiger partial charge in [-0.05, 0) is 89.2 Å². The average molecular weight is 363 g/mol. The normalized spacial score (nSPS) is 46.1. The lowest BCUT2D eigenvalue weighted by Gasteiger charge is -2.76. The first-order valence-electron chi connectivity index (χ1n) is 9.16. The molecule has 2 spiro atoms. The van der Waals surface area contributed by atoms with Gasteiger partial charge in [0, 0.05) is 9.89 Å². The van der Waals surface area contributed by atoms with Crippen molar-refractivity contribution in [1.82, 2.24) is 0 Å². The van der Waals surface area contributed by atoms with E-state index in [1.807, 2.05) is 0 Å². The zero-order valence-electron chi connectivity index (χ0n) is 13.1. The molecule has 7 rings (SSSR count). The first-order valence-corrected chi connectivity index (χ1v) is 9.95. The van der Waals surface area contributed by atoms with E-state index < -0.39 is 0 Å². The van der Waals surface area contributed by atoms with Crippen LogP contribution in [0.5, 0.6) is 0 Å². The number of rotatable bonds is 0. The summed E-state index contributed by atoms with van der Waals surface area (Å²) in [6.45, 7) is 0. The smallest absolute Gasteiger partial charge is 0.0282 e. The maximum absolute atomic E-state index is 3.71. The van der Waals surface area contributed by atoms with E-state index in [1.54, 1.807) is 24.0 Å². The van der Waals surface area contributed by atoms with Crippen molar-refractivity contribution in [3.05, 3.63) is 58.1 Å². The van der Waals surface area contributed by atoms with Crippen molar-refractivity contribution in [2.75, 3.05) is 0 Å². The molecule has 1 heteroatoms. The molecule has 0 saturated heterocycles. The van der Waals surface area contributed by atoms with Crippen molar-refractivity contribution in [2.24, 2.45) is 29.1 Å². The SMILES string of the molecule is Brc1ccc2c(c1)-c1ccccc1C21C2CC3CC4CC1C42C3. The van der Waals surface area contributed by atoms with Crippen LogP contribution in [0, 0.1) is 29.1 Å². The van der Waals surface area contributed by atoms with E-state index in [-0.39, 0.29) is 0 Å². The minimum Gasteiger partial charge on any atom is -0.0619 e. The van der Waals surface area contributed by atoms with E-state index >= 15 is 0 Å². The van der Waals surface area contributed by atoms with Gasteiger partial charge in [0.2, 0.25) is 0 Å². The van der Waals surface area contributed by atoms with E-state index in [0.29, 0.717) is 5.41 Å². The fraction of sp³-hybridized carbons (Fsp3) is 0.455. The summed E-state index contributed by atoms with van der Waals surface area (Å²) in [5.41, 5.74) is 7.49. The zero-order valence-corrected chi connectivity index (χ0v) is 14.6. The van der Waals surface area contributed by atoms with Crippen molar-refractivity contribution < 1.29 is 0 Å². The first kappa shape index (κ1) is 12.3. The van der Waals surface area contributed by atoms with Crippen LogP contribution in [0.15, 0.2) is 46.9 Å². The predicted molar refractivity (Wildman–Crippen MR) is 95.2 cm³/mol. The van der Waals surface area contributed by atoms with Gasteiger partial charge in [-0.3, -0.25) is 0 Å². The largest absolute Gasteiger partial charge is 0.0619 e. The van der Waals surface area contributed by atoms with Crippen molar-refractivity contribution in [3.63, 3.8) is 0 Å². The topological polar surface area (TPSA) is 0 Å². The molecule has 0 aliphatic heterocycles. The average Bonchev–Trinajstić information content (AvgIpc) is 3.16. The van der Waals surface area contributed by atoms with Crippen LogP contribution >= 0.6 is 15.9 Å². The Bertz CT molecular complexity index is 899. The van der Waals surface area contributed by atoms with Gasteiger partial charge in [0.15, 0.2) is 0 Å². The molecule has 0 N–H and O–H groups in total. The molecule has 0 heterocycles. The fourth-order valence-corrected chi connectivity index (χ4v) is 8.66. The lowest BCUT2D eigenvalue weighted by molar-refractivity contribution is -0.231. The van der Waals surface area contributed by atoms with Crippen LogP contribution in [0.1, 0.15) is 36.8 Å². The Labute approximate surface area is 145 Å². The lowest BCUT2D eigenvalue weighted by Crippen LogP contribution is -2.73. The molecule has 4 saturated carbocycles. The number of fused-ring (bicyclic) bond motifs is 8. The molecule has 114 valence electrons. The number of benzene rings is 2. The quantitative estimate of drug-likeness (QED) is 0.556. The van der Waals surface area contributed by atoms with E-state index in [9.17, 15) is 0 Å². The van der Waals surface area contributed by atoms with Crippen LogP contribution in [-0.4, -0.2) is 0 Å². The van der Waals surface area contributed by atoms with Crippen molar-refractivity contribution in [3.8, 4) is 11.1 Å². The van der Waals surface area contributed by atoms with Gasteiger partial charge >= 0.3 is 0 Å². The van der Waals surface area contributed by atoms with Crippen LogP contribution in [0.2, 0.25) is 0 Å². The third-order valence-electron chi connectivity index (χ3n) is 8.60. The summed E-state index contributed by atoms with van der Waals surface area (Å²) in [6, 6.07) is 16.4. The molecule has 5 aliphatic rings. The van der Waals surface area contributed by atoms with Crippen LogP contribution in [-0.2, 0) is 5.41 Å². The Hall–Kier alpha value is -1.08. The van der Waals surface area contributed by atoms with Gasteiger partial charge in [-0.1, -0.05) is 46.3 Å². The van der Waals surface area contributed by atoms with Gasteiger partial charge in [0.1, 0.15) is 0 Å². The molecule has 0 amide bonds. The molecule has 4 fully saturated rings. The standard InChI is InChI=1S/C22H19Br/c23-14-5-6-18-16(10-14)15-3-1-2-4-17(15)22(18)19-8-12-7-13-9-20(22)21(13,19)11-12/h1-6,10,12-13,19-20H,7-9,11H2. The highest BCUT2D eigenvalue weighted by Crippen LogP contribution is 2.89. The minimum atomic E-state index is 0.373. The van der Waals surface area contributed by atoms with E-state index in [2.05, 4.69) is 58.4 Å². The highest BCUT2D eigenvalue weighted by Gasteiger charge is 2.84. The zero-order chi connectivity index (χ0) is 15.0. The third-order valence-corrected chi connectivity index (χ3v) is 9.09. The summed E-state index contributed by atoms with van der Waals surface area (Å²) in [6.07, 6.45) is 6.11. The second-order valence-corrected chi connectivity index (χ2v) is 9.71. The second kappa shape index (κ2) is 3.47. The van der Waals surface area contributed by atoms with Crippen molar-refractivity contribution in [2.45, 2.75) is 31.1 Å². The first-order chi connectivity index (χ1) is 11.3. The van der Waals surface area contributed by atoms with E-state index in [1.165, 1.54) is 28.4 Å². The van der Waals surface area contributed by atoms with Gasteiger partial charge in [-0.2, -0.15) is 0 Å². The highest BCUT2D eigenvalue weighted by atomic mass is 79.9. The Morgan fingerprint density at radius 2 is 1.70 bits per heavy atom. The summed E-state index contributed by atoms with van der Waals surface area (Å²) < 4.78 is 1.22. The number of hydrogen-bond acceptors (Lipinski definition) is 0. The molecule has 0 nitrogen and oxygen atoms in total. The molecule has 23 heavy (non-hydrogen) atoms. The number of halogens is 1. The summed E-state index contributed by atoms with van der Waals surface area (Å²) >= 11 is 3.71. The minimum absolute atomic E-state index is 0.373. The van der Waals surface area contributed by atoms with Crippen molar-refractivity contribution in [1.29, 1.82) is 0 Å². The Morgan fingerprint density at radius 3 is 2.61 bits per heavy atom. The van der Waals surface area contributed by atoms with Crippen LogP contribution in [0.25, 0.3) is 11.1 Å². The molecule has 5 aliphatic carbocycles. The molecular weight excluding hydrogens is 344 g/mol. The maximum Gasteiger partial charge on any atom is 0.0282 e. The monoisotopic (exact) mass is 362 g/mol. The maximum atomic E-state index is 3.71. The molecule has 6 unspecified atom stereocenters. The second-order valence-electron chi connectivity index (χ2n) is 8.80. The summed E-state index contributed by atoms with van der Waals surface area (Å²) in [7, 11) is 0. The molecule has 0 radical (unpaired) electrons. The van der Waals surface area contributed by atoms with Gasteiger partial charge in [-0.25, -0.2) is 0 Å². The lowest BCUT2D eigenvalue weighted by atomic mass is 9.27. The Morgan fingerprint density at radius 1 is 0.870 bits per heavy atom. The Balaban J connectivity index is 1.56. The molecule has 2 bridgehead atoms. The summed E-state index contributed by atoms with van der Waals surface area (Å²) in [4.78, 5) is 0. The van der Waals surface area contributed by atoms with Gasteiger partial charge in [-0.15, -0.1) is 0 Å². The van der Waals surface area contributed by atoms with Crippen molar-refractivity contribution >= 4 is 15.9 Å². The summed E-state index contributed by atoms with van der Waals surface area (Å²) in [5.74, 6) is 3.98. The molecule has 6 atom stereocenters. The van der Waals surface area contributed by atoms with Gasteiger partial charge in [0.05, 0.1) is 0 Å². The van der Waals surface area contributed by atoms with Gasteiger partial charge in [0.25, 0.3) is 0 Å². The highest BCUT2D eigenvalue weighted by molar-refractivity contribution is 9.10.